The van der Waals surface area contributed by atoms with Crippen LogP contribution in [0.15, 0.2) is 91.0 Å². The second kappa shape index (κ2) is 10.00. The van der Waals surface area contributed by atoms with E-state index in [1.165, 1.54) is 0 Å². The lowest BCUT2D eigenvalue weighted by Crippen LogP contribution is -2.36. The third-order valence-electron chi connectivity index (χ3n) is 5.03. The molecule has 0 spiro atoms. The first kappa shape index (κ1) is 21.5. The maximum absolute atomic E-state index is 14.0. The Morgan fingerprint density at radius 2 is 0.759 bits per heavy atom. The maximum Gasteiger partial charge on any atom is 0.280 e. The first-order valence-electron chi connectivity index (χ1n) is 10.0. The van der Waals surface area contributed by atoms with Crippen LogP contribution in [-0.4, -0.2) is 0 Å². The van der Waals surface area contributed by atoms with Crippen molar-refractivity contribution in [3.8, 4) is 0 Å². The Bertz CT molecular complexity index is 796. The van der Waals surface area contributed by atoms with Crippen molar-refractivity contribution >= 4 is 7.59 Å². The number of hydrogen-bond donors (Lipinski definition) is 3. The minimum atomic E-state index is -3.13. The smallest absolute Gasteiger partial charge is 0.271 e. The van der Waals surface area contributed by atoms with Gasteiger partial charge in [-0.3, -0.25) is 4.57 Å². The van der Waals surface area contributed by atoms with Crippen molar-refractivity contribution in [1.29, 1.82) is 0 Å². The molecule has 0 aliphatic rings. The van der Waals surface area contributed by atoms with Gasteiger partial charge in [0.15, 0.2) is 0 Å². The summed E-state index contributed by atoms with van der Waals surface area (Å²) in [5.41, 5.74) is 3.28. The van der Waals surface area contributed by atoms with Gasteiger partial charge < -0.3 is 0 Å². The lowest BCUT2D eigenvalue weighted by Gasteiger charge is -2.31. The van der Waals surface area contributed by atoms with Crippen molar-refractivity contribution in [1.82, 2.24) is 15.3 Å². The molecule has 3 N–H and O–H groups in total. The summed E-state index contributed by atoms with van der Waals surface area (Å²) < 4.78 is 14.0. The molecule has 152 valence electrons. The van der Waals surface area contributed by atoms with Crippen LogP contribution in [0.2, 0.25) is 0 Å². The Balaban J connectivity index is 1.82. The molecule has 3 aromatic rings. The van der Waals surface area contributed by atoms with Crippen LogP contribution in [-0.2, 0) is 4.57 Å². The summed E-state index contributed by atoms with van der Waals surface area (Å²) >= 11 is 0. The Labute approximate surface area is 174 Å². The van der Waals surface area contributed by atoms with Gasteiger partial charge in [-0.05, 0) is 37.5 Å². The van der Waals surface area contributed by atoms with Gasteiger partial charge in [0.25, 0.3) is 7.59 Å². The molecule has 5 heteroatoms. The fraction of sp³-hybridized carbons (Fsp3) is 0.250. The molecule has 3 rings (SSSR count). The lowest BCUT2D eigenvalue weighted by molar-refractivity contribution is 0.506. The average molecular weight is 407 g/mol. The highest BCUT2D eigenvalue weighted by Crippen LogP contribution is 2.41. The largest absolute Gasteiger partial charge is 0.280 e. The predicted molar refractivity (Wildman–Crippen MR) is 122 cm³/mol. The van der Waals surface area contributed by atoms with Crippen molar-refractivity contribution in [3.05, 3.63) is 108 Å². The zero-order valence-corrected chi connectivity index (χ0v) is 18.1. The third kappa shape index (κ3) is 6.12. The normalized spacial score (nSPS) is 16.5. The van der Waals surface area contributed by atoms with Gasteiger partial charge in [-0.15, -0.1) is 0 Å². The van der Waals surface area contributed by atoms with Crippen LogP contribution >= 0.6 is 7.59 Å². The fourth-order valence-electron chi connectivity index (χ4n) is 3.38. The molecule has 0 aliphatic heterocycles. The van der Waals surface area contributed by atoms with E-state index in [1.807, 2.05) is 112 Å². The molecule has 0 saturated carbocycles. The van der Waals surface area contributed by atoms with Gasteiger partial charge in [-0.25, -0.2) is 15.3 Å². The number of nitrogens with one attached hydrogen (secondary N) is 3. The quantitative estimate of drug-likeness (QED) is 0.373. The van der Waals surface area contributed by atoms with E-state index in [1.54, 1.807) is 0 Å². The van der Waals surface area contributed by atoms with E-state index in [0.29, 0.717) is 0 Å². The molecular formula is C24H30N3OP. The third-order valence-corrected chi connectivity index (χ3v) is 7.28. The Morgan fingerprint density at radius 1 is 0.517 bits per heavy atom. The van der Waals surface area contributed by atoms with E-state index in [9.17, 15) is 4.57 Å². The van der Waals surface area contributed by atoms with E-state index >= 15 is 0 Å². The second-order valence-electron chi connectivity index (χ2n) is 7.39. The van der Waals surface area contributed by atoms with Gasteiger partial charge in [-0.2, -0.15) is 0 Å². The van der Waals surface area contributed by atoms with Crippen LogP contribution in [0.4, 0.5) is 0 Å². The summed E-state index contributed by atoms with van der Waals surface area (Å²) in [5, 5.41) is 10.0. The first-order chi connectivity index (χ1) is 14.0. The Hall–Kier alpha value is -2.23. The SMILES string of the molecule is CC(NP(=O)(NC(C)c1ccccc1)NC(C)c1ccccc1)c1ccccc1. The van der Waals surface area contributed by atoms with Gasteiger partial charge in [0.1, 0.15) is 0 Å². The van der Waals surface area contributed by atoms with Crippen LogP contribution < -0.4 is 15.3 Å². The van der Waals surface area contributed by atoms with Gasteiger partial charge in [0.05, 0.1) is 0 Å². The van der Waals surface area contributed by atoms with Gasteiger partial charge in [-0.1, -0.05) is 91.0 Å². The number of benzene rings is 3. The van der Waals surface area contributed by atoms with Gasteiger partial charge in [0, 0.05) is 18.1 Å². The number of rotatable bonds is 9. The summed E-state index contributed by atoms with van der Waals surface area (Å²) in [5.74, 6) is 0. The van der Waals surface area contributed by atoms with Crippen molar-refractivity contribution in [2.24, 2.45) is 0 Å². The highest BCUT2D eigenvalue weighted by Gasteiger charge is 2.29. The van der Waals surface area contributed by atoms with E-state index < -0.39 is 7.59 Å². The van der Waals surface area contributed by atoms with Crippen LogP contribution in [0.1, 0.15) is 55.6 Å². The molecule has 0 aliphatic carbocycles. The Morgan fingerprint density at radius 3 is 1.00 bits per heavy atom. The van der Waals surface area contributed by atoms with E-state index in [4.69, 9.17) is 0 Å². The van der Waals surface area contributed by atoms with Crippen LogP contribution in [0, 0.1) is 0 Å². The average Bonchev–Trinajstić information content (AvgIpc) is 2.75. The summed E-state index contributed by atoms with van der Waals surface area (Å²) in [6.45, 7) is 6.10. The van der Waals surface area contributed by atoms with Crippen LogP contribution in [0.5, 0.6) is 0 Å². The molecule has 0 radical (unpaired) electrons. The predicted octanol–water partition coefficient (Wildman–Crippen LogP) is 6.15. The molecule has 3 unspecified atom stereocenters. The lowest BCUT2D eigenvalue weighted by atomic mass is 10.1. The molecule has 0 heterocycles. The van der Waals surface area contributed by atoms with Crippen molar-refractivity contribution in [2.45, 2.75) is 38.9 Å². The van der Waals surface area contributed by atoms with Gasteiger partial charge in [0.2, 0.25) is 0 Å². The monoisotopic (exact) mass is 407 g/mol. The van der Waals surface area contributed by atoms with E-state index in [0.717, 1.165) is 16.7 Å². The molecule has 0 bridgehead atoms. The molecule has 0 saturated heterocycles. The topological polar surface area (TPSA) is 53.2 Å². The molecule has 0 aromatic heterocycles. The molecule has 29 heavy (non-hydrogen) atoms. The second-order valence-corrected chi connectivity index (χ2v) is 9.39. The molecule has 3 aromatic carbocycles. The zero-order valence-electron chi connectivity index (χ0n) is 17.2. The van der Waals surface area contributed by atoms with Crippen molar-refractivity contribution in [2.75, 3.05) is 0 Å². The summed E-state index contributed by atoms with van der Waals surface area (Å²) in [7, 11) is -3.13. The summed E-state index contributed by atoms with van der Waals surface area (Å²) in [6, 6.07) is 30.0. The highest BCUT2D eigenvalue weighted by molar-refractivity contribution is 7.57. The fourth-order valence-corrected chi connectivity index (χ4v) is 5.69. The van der Waals surface area contributed by atoms with Crippen molar-refractivity contribution in [3.63, 3.8) is 0 Å². The van der Waals surface area contributed by atoms with Crippen LogP contribution in [0.3, 0.4) is 0 Å². The standard InChI is InChI=1S/C24H30N3OP/c1-19(22-13-7-4-8-14-22)25-29(28,26-20(2)23-15-9-5-10-16-23)27-21(3)24-17-11-6-12-18-24/h4-21H,1-3H3,(H3,25,26,27,28). The van der Waals surface area contributed by atoms with Crippen molar-refractivity contribution < 1.29 is 4.57 Å². The molecular weight excluding hydrogens is 377 g/mol. The minimum absolute atomic E-state index is 0.0759. The Kier molecular flexibility index (Phi) is 7.40. The first-order valence-corrected chi connectivity index (χ1v) is 11.8. The molecule has 0 fully saturated rings. The van der Waals surface area contributed by atoms with E-state index in [-0.39, 0.29) is 18.1 Å². The maximum atomic E-state index is 14.0. The molecule has 0 amide bonds. The highest BCUT2D eigenvalue weighted by atomic mass is 31.2. The number of hydrogen-bond acceptors (Lipinski definition) is 1. The zero-order chi connectivity index (χ0) is 20.7. The summed E-state index contributed by atoms with van der Waals surface area (Å²) in [4.78, 5) is 0. The minimum Gasteiger partial charge on any atom is -0.271 e. The molecule has 4 nitrogen and oxygen atoms in total. The summed E-state index contributed by atoms with van der Waals surface area (Å²) in [6.07, 6.45) is 0. The van der Waals surface area contributed by atoms with Gasteiger partial charge >= 0.3 is 0 Å². The molecule has 3 atom stereocenters. The van der Waals surface area contributed by atoms with Crippen LogP contribution in [0.25, 0.3) is 0 Å². The van der Waals surface area contributed by atoms with E-state index in [2.05, 4.69) is 15.3 Å².